The lowest BCUT2D eigenvalue weighted by Crippen LogP contribution is -2.36. The van der Waals surface area contributed by atoms with Crippen LogP contribution in [0.5, 0.6) is 17.2 Å². The summed E-state index contributed by atoms with van der Waals surface area (Å²) in [5, 5.41) is 3.03. The highest BCUT2D eigenvalue weighted by atomic mass is 16.5. The van der Waals surface area contributed by atoms with E-state index in [4.69, 9.17) is 14.2 Å². The normalized spacial score (nSPS) is 16.2. The lowest BCUT2D eigenvalue weighted by molar-refractivity contribution is -0.130. The number of hydrogen-bond donors (Lipinski definition) is 1. The van der Waals surface area contributed by atoms with Crippen molar-refractivity contribution in [3.63, 3.8) is 0 Å². The van der Waals surface area contributed by atoms with Gasteiger partial charge in [0, 0.05) is 23.6 Å². The van der Waals surface area contributed by atoms with Gasteiger partial charge in [-0.25, -0.2) is 0 Å². The summed E-state index contributed by atoms with van der Waals surface area (Å²) in [5.74, 6) is 2.02. The highest BCUT2D eigenvalue weighted by Crippen LogP contribution is 2.38. The SMILES string of the molecule is COc1cc(OC)c(OC)cc1CNC(=O)C1(C)CCCC1. The summed E-state index contributed by atoms with van der Waals surface area (Å²) in [5.41, 5.74) is 0.638. The van der Waals surface area contributed by atoms with E-state index >= 15 is 0 Å². The van der Waals surface area contributed by atoms with Gasteiger partial charge in [-0.3, -0.25) is 4.79 Å². The fourth-order valence-corrected chi connectivity index (χ4v) is 3.00. The van der Waals surface area contributed by atoms with E-state index in [1.165, 1.54) is 0 Å². The van der Waals surface area contributed by atoms with Crippen molar-refractivity contribution in [2.75, 3.05) is 21.3 Å². The Morgan fingerprint density at radius 1 is 1.05 bits per heavy atom. The summed E-state index contributed by atoms with van der Waals surface area (Å²) >= 11 is 0. The summed E-state index contributed by atoms with van der Waals surface area (Å²) in [6, 6.07) is 3.62. The maximum Gasteiger partial charge on any atom is 0.226 e. The number of methoxy groups -OCH3 is 3. The molecule has 0 atom stereocenters. The topological polar surface area (TPSA) is 56.8 Å². The van der Waals surface area contributed by atoms with Crippen molar-refractivity contribution < 1.29 is 19.0 Å². The average molecular weight is 307 g/mol. The van der Waals surface area contributed by atoms with E-state index in [0.717, 1.165) is 31.2 Å². The number of carbonyl (C=O) groups excluding carboxylic acids is 1. The summed E-state index contributed by atoms with van der Waals surface area (Å²) in [7, 11) is 4.77. The van der Waals surface area contributed by atoms with Gasteiger partial charge in [0.1, 0.15) is 5.75 Å². The Balaban J connectivity index is 2.13. The molecule has 0 spiro atoms. The van der Waals surface area contributed by atoms with E-state index in [1.807, 2.05) is 13.0 Å². The number of benzene rings is 1. The molecule has 1 aromatic rings. The summed E-state index contributed by atoms with van der Waals surface area (Å²) < 4.78 is 16.0. The van der Waals surface area contributed by atoms with Gasteiger partial charge < -0.3 is 19.5 Å². The number of nitrogens with one attached hydrogen (secondary N) is 1. The van der Waals surface area contributed by atoms with Crippen molar-refractivity contribution in [3.8, 4) is 17.2 Å². The maximum atomic E-state index is 12.4. The third-order valence-corrected chi connectivity index (χ3v) is 4.48. The molecule has 22 heavy (non-hydrogen) atoms. The van der Waals surface area contributed by atoms with Crippen LogP contribution in [0.4, 0.5) is 0 Å². The number of carbonyl (C=O) groups is 1. The van der Waals surface area contributed by atoms with E-state index in [-0.39, 0.29) is 11.3 Å². The molecule has 0 unspecified atom stereocenters. The predicted molar refractivity (Wildman–Crippen MR) is 84.5 cm³/mol. The molecule has 1 aliphatic rings. The second kappa shape index (κ2) is 6.90. The Labute approximate surface area is 131 Å². The molecule has 1 amide bonds. The van der Waals surface area contributed by atoms with Crippen LogP contribution in [0.25, 0.3) is 0 Å². The van der Waals surface area contributed by atoms with Gasteiger partial charge in [0.2, 0.25) is 5.91 Å². The van der Waals surface area contributed by atoms with Crippen LogP contribution >= 0.6 is 0 Å². The van der Waals surface area contributed by atoms with Crippen LogP contribution in [0.3, 0.4) is 0 Å². The van der Waals surface area contributed by atoms with Gasteiger partial charge >= 0.3 is 0 Å². The first kappa shape index (κ1) is 16.5. The number of rotatable bonds is 6. The van der Waals surface area contributed by atoms with Crippen molar-refractivity contribution in [1.29, 1.82) is 0 Å². The fraction of sp³-hybridized carbons (Fsp3) is 0.588. The number of amides is 1. The van der Waals surface area contributed by atoms with Crippen LogP contribution in [0.2, 0.25) is 0 Å². The van der Waals surface area contributed by atoms with Gasteiger partial charge in [-0.1, -0.05) is 19.8 Å². The fourth-order valence-electron chi connectivity index (χ4n) is 3.00. The van der Waals surface area contributed by atoms with Crippen LogP contribution in [0.15, 0.2) is 12.1 Å². The molecule has 0 heterocycles. The number of ether oxygens (including phenoxy) is 3. The first-order valence-electron chi connectivity index (χ1n) is 7.61. The van der Waals surface area contributed by atoms with Crippen molar-refractivity contribution in [2.24, 2.45) is 5.41 Å². The number of hydrogen-bond acceptors (Lipinski definition) is 4. The third-order valence-electron chi connectivity index (χ3n) is 4.48. The Morgan fingerprint density at radius 2 is 1.59 bits per heavy atom. The minimum absolute atomic E-state index is 0.113. The smallest absolute Gasteiger partial charge is 0.226 e. The molecule has 122 valence electrons. The van der Waals surface area contributed by atoms with Gasteiger partial charge in [0.25, 0.3) is 0 Å². The minimum Gasteiger partial charge on any atom is -0.496 e. The lowest BCUT2D eigenvalue weighted by Gasteiger charge is -2.23. The molecule has 1 aromatic carbocycles. The van der Waals surface area contributed by atoms with E-state index in [9.17, 15) is 4.79 Å². The van der Waals surface area contributed by atoms with Gasteiger partial charge in [0.05, 0.1) is 21.3 Å². The van der Waals surface area contributed by atoms with Crippen molar-refractivity contribution >= 4 is 5.91 Å². The van der Waals surface area contributed by atoms with E-state index in [2.05, 4.69) is 5.32 Å². The molecule has 5 nitrogen and oxygen atoms in total. The lowest BCUT2D eigenvalue weighted by atomic mass is 9.88. The van der Waals surface area contributed by atoms with Gasteiger partial charge in [-0.05, 0) is 18.9 Å². The molecule has 0 saturated heterocycles. The largest absolute Gasteiger partial charge is 0.496 e. The molecule has 0 bridgehead atoms. The summed E-state index contributed by atoms with van der Waals surface area (Å²) in [6.07, 6.45) is 4.18. The summed E-state index contributed by atoms with van der Waals surface area (Å²) in [4.78, 5) is 12.4. The first-order valence-corrected chi connectivity index (χ1v) is 7.61. The quantitative estimate of drug-likeness (QED) is 0.878. The Hall–Kier alpha value is -1.91. The minimum atomic E-state index is -0.232. The maximum absolute atomic E-state index is 12.4. The standard InChI is InChI=1S/C17H25NO4/c1-17(7-5-6-8-17)16(19)18-11-12-9-14(21-3)15(22-4)10-13(12)20-2/h9-10H,5-8,11H2,1-4H3,(H,18,19). The third kappa shape index (κ3) is 3.29. The predicted octanol–water partition coefficient (Wildman–Crippen LogP) is 2.91. The molecule has 1 N–H and O–H groups in total. The highest BCUT2D eigenvalue weighted by Gasteiger charge is 2.35. The zero-order chi connectivity index (χ0) is 16.2. The molecule has 1 aliphatic carbocycles. The molecule has 0 radical (unpaired) electrons. The van der Waals surface area contributed by atoms with Crippen molar-refractivity contribution in [1.82, 2.24) is 5.32 Å². The van der Waals surface area contributed by atoms with Crippen LogP contribution in [0, 0.1) is 5.41 Å². The van der Waals surface area contributed by atoms with Crippen molar-refractivity contribution in [3.05, 3.63) is 17.7 Å². The van der Waals surface area contributed by atoms with Crippen molar-refractivity contribution in [2.45, 2.75) is 39.2 Å². The Kier molecular flexibility index (Phi) is 5.16. The van der Waals surface area contributed by atoms with Gasteiger partial charge in [-0.2, -0.15) is 0 Å². The van der Waals surface area contributed by atoms with E-state index in [0.29, 0.717) is 23.8 Å². The molecular formula is C17H25NO4. The van der Waals surface area contributed by atoms with E-state index < -0.39 is 0 Å². The molecular weight excluding hydrogens is 282 g/mol. The molecule has 1 saturated carbocycles. The first-order chi connectivity index (χ1) is 10.5. The molecule has 1 fully saturated rings. The molecule has 0 aliphatic heterocycles. The highest BCUT2D eigenvalue weighted by molar-refractivity contribution is 5.82. The zero-order valence-electron chi connectivity index (χ0n) is 13.8. The molecule has 0 aromatic heterocycles. The van der Waals surface area contributed by atoms with E-state index in [1.54, 1.807) is 27.4 Å². The van der Waals surface area contributed by atoms with Crippen LogP contribution < -0.4 is 19.5 Å². The Morgan fingerprint density at radius 3 is 2.14 bits per heavy atom. The molecule has 5 heteroatoms. The monoisotopic (exact) mass is 307 g/mol. The molecule has 2 rings (SSSR count). The van der Waals surface area contributed by atoms with Crippen LogP contribution in [-0.4, -0.2) is 27.2 Å². The van der Waals surface area contributed by atoms with Crippen LogP contribution in [0.1, 0.15) is 38.2 Å². The van der Waals surface area contributed by atoms with Crippen LogP contribution in [-0.2, 0) is 11.3 Å². The average Bonchev–Trinajstić information content (AvgIpc) is 2.99. The summed E-state index contributed by atoms with van der Waals surface area (Å²) in [6.45, 7) is 2.46. The zero-order valence-corrected chi connectivity index (χ0v) is 13.8. The van der Waals surface area contributed by atoms with Gasteiger partial charge in [-0.15, -0.1) is 0 Å². The Bertz CT molecular complexity index is 536. The van der Waals surface area contributed by atoms with Gasteiger partial charge in [0.15, 0.2) is 11.5 Å². The second-order valence-electron chi connectivity index (χ2n) is 5.97. The second-order valence-corrected chi connectivity index (χ2v) is 5.97.